The molecule has 4 nitrogen and oxygen atoms in total. The van der Waals surface area contributed by atoms with Gasteiger partial charge >= 0.3 is 0 Å². The van der Waals surface area contributed by atoms with Crippen LogP contribution in [-0.2, 0) is 12.0 Å². The summed E-state index contributed by atoms with van der Waals surface area (Å²) in [4.78, 5) is 4.49. The first kappa shape index (κ1) is 11.7. The molecule has 0 aliphatic heterocycles. The number of nitrogens with two attached hydrogens (primary N) is 1. The van der Waals surface area contributed by atoms with Gasteiger partial charge in [0.1, 0.15) is 0 Å². The maximum Gasteiger partial charge on any atom is 0.219 e. The van der Waals surface area contributed by atoms with Crippen molar-refractivity contribution in [2.75, 3.05) is 5.73 Å². The Bertz CT molecular complexity index is 455. The Labute approximate surface area is 114 Å². The third kappa shape index (κ3) is 1.72. The summed E-state index contributed by atoms with van der Waals surface area (Å²) in [5.41, 5.74) is 6.40. The predicted molar refractivity (Wildman–Crippen MR) is 74.6 cm³/mol. The highest BCUT2D eigenvalue weighted by atomic mass is 15.4. The summed E-state index contributed by atoms with van der Waals surface area (Å²) in [7, 11) is 0. The molecule has 0 unspecified atom stereocenters. The largest absolute Gasteiger partial charge is 0.368 e. The van der Waals surface area contributed by atoms with Gasteiger partial charge in [-0.25, -0.2) is 4.68 Å². The molecule has 0 radical (unpaired) electrons. The van der Waals surface area contributed by atoms with Gasteiger partial charge in [-0.15, -0.1) is 0 Å². The first-order chi connectivity index (χ1) is 9.18. The molecule has 0 aromatic carbocycles. The van der Waals surface area contributed by atoms with Crippen LogP contribution in [-0.4, -0.2) is 14.8 Å². The Kier molecular flexibility index (Phi) is 2.45. The van der Waals surface area contributed by atoms with E-state index in [4.69, 9.17) is 10.8 Å². The van der Waals surface area contributed by atoms with Gasteiger partial charge in [-0.1, -0.05) is 6.92 Å². The van der Waals surface area contributed by atoms with Crippen molar-refractivity contribution >= 4 is 5.95 Å². The molecule has 0 amide bonds. The lowest BCUT2D eigenvalue weighted by atomic mass is 9.53. The molecule has 4 bridgehead atoms. The van der Waals surface area contributed by atoms with Gasteiger partial charge in [0.25, 0.3) is 0 Å². The van der Waals surface area contributed by atoms with Gasteiger partial charge < -0.3 is 5.73 Å². The zero-order valence-corrected chi connectivity index (χ0v) is 11.8. The monoisotopic (exact) mass is 260 g/mol. The van der Waals surface area contributed by atoms with E-state index in [1.807, 2.05) is 0 Å². The van der Waals surface area contributed by atoms with Crippen molar-refractivity contribution in [3.8, 4) is 0 Å². The fraction of sp³-hybridized carbons (Fsp3) is 0.867. The molecule has 2 N–H and O–H groups in total. The van der Waals surface area contributed by atoms with Crippen LogP contribution in [0.15, 0.2) is 0 Å². The molecule has 0 atom stereocenters. The number of anilines is 1. The Morgan fingerprint density at radius 2 is 1.74 bits per heavy atom. The molecule has 0 spiro atoms. The van der Waals surface area contributed by atoms with E-state index >= 15 is 0 Å². The van der Waals surface area contributed by atoms with Crippen molar-refractivity contribution < 1.29 is 0 Å². The summed E-state index contributed by atoms with van der Waals surface area (Å²) in [6.45, 7) is 2.17. The van der Waals surface area contributed by atoms with E-state index in [1.165, 1.54) is 38.5 Å². The molecular weight excluding hydrogens is 236 g/mol. The number of aryl methyl sites for hydroxylation is 1. The van der Waals surface area contributed by atoms with Crippen molar-refractivity contribution in [2.24, 2.45) is 17.8 Å². The highest BCUT2D eigenvalue weighted by molar-refractivity contribution is 5.21. The van der Waals surface area contributed by atoms with Gasteiger partial charge in [-0.2, -0.15) is 10.1 Å². The number of nitrogens with zero attached hydrogens (tertiary/aromatic N) is 3. The molecular formula is C15H24N4. The zero-order chi connectivity index (χ0) is 13.0. The van der Waals surface area contributed by atoms with Gasteiger partial charge in [0.2, 0.25) is 5.95 Å². The third-order valence-corrected chi connectivity index (χ3v) is 5.60. The number of aromatic nitrogens is 3. The highest BCUT2D eigenvalue weighted by Gasteiger charge is 2.53. The molecule has 19 heavy (non-hydrogen) atoms. The van der Waals surface area contributed by atoms with Gasteiger partial charge in [0, 0.05) is 6.42 Å². The lowest BCUT2D eigenvalue weighted by molar-refractivity contribution is -0.0484. The van der Waals surface area contributed by atoms with Crippen LogP contribution in [0.4, 0.5) is 5.95 Å². The minimum Gasteiger partial charge on any atom is -0.368 e. The van der Waals surface area contributed by atoms with Crippen LogP contribution in [0.25, 0.3) is 0 Å². The minimum atomic E-state index is 0.220. The Morgan fingerprint density at radius 3 is 2.26 bits per heavy atom. The van der Waals surface area contributed by atoms with E-state index in [-0.39, 0.29) is 5.54 Å². The average molecular weight is 260 g/mol. The number of hydrogen-bond acceptors (Lipinski definition) is 3. The fourth-order valence-corrected chi connectivity index (χ4v) is 5.37. The smallest absolute Gasteiger partial charge is 0.219 e. The van der Waals surface area contributed by atoms with Crippen LogP contribution in [0.2, 0.25) is 0 Å². The first-order valence-corrected chi connectivity index (χ1v) is 7.90. The van der Waals surface area contributed by atoms with Crippen molar-refractivity contribution in [1.29, 1.82) is 0 Å². The number of nitrogen functional groups attached to an aromatic ring is 1. The van der Waals surface area contributed by atoms with E-state index in [2.05, 4.69) is 16.6 Å². The second-order valence-electron chi connectivity index (χ2n) is 7.19. The molecule has 0 saturated heterocycles. The predicted octanol–water partition coefficient (Wildman–Crippen LogP) is 2.74. The molecule has 1 aromatic rings. The van der Waals surface area contributed by atoms with E-state index in [1.54, 1.807) is 0 Å². The van der Waals surface area contributed by atoms with Crippen LogP contribution >= 0.6 is 0 Å². The fourth-order valence-electron chi connectivity index (χ4n) is 5.37. The van der Waals surface area contributed by atoms with Gasteiger partial charge in [-0.05, 0) is 62.7 Å². The quantitative estimate of drug-likeness (QED) is 0.909. The second-order valence-corrected chi connectivity index (χ2v) is 7.19. The summed E-state index contributed by atoms with van der Waals surface area (Å²) >= 11 is 0. The van der Waals surface area contributed by atoms with Crippen molar-refractivity contribution in [2.45, 2.75) is 63.8 Å². The Hall–Kier alpha value is -1.06. The maximum atomic E-state index is 6.18. The molecule has 1 aromatic heterocycles. The topological polar surface area (TPSA) is 56.7 Å². The molecule has 4 heteroatoms. The lowest BCUT2D eigenvalue weighted by Crippen LogP contribution is -2.52. The molecule has 5 rings (SSSR count). The lowest BCUT2D eigenvalue weighted by Gasteiger charge is -2.56. The Morgan fingerprint density at radius 1 is 1.16 bits per heavy atom. The van der Waals surface area contributed by atoms with Crippen molar-refractivity contribution in [1.82, 2.24) is 14.8 Å². The van der Waals surface area contributed by atoms with E-state index < -0.39 is 0 Å². The zero-order valence-electron chi connectivity index (χ0n) is 11.8. The van der Waals surface area contributed by atoms with E-state index in [0.717, 1.165) is 36.4 Å². The standard InChI is InChI=1S/C15H24N4/c1-2-3-13-17-14(16)19(18-13)15-7-10-4-11(8-15)6-12(5-10)9-15/h10-12H,2-9H2,1H3,(H2,16,17,18). The van der Waals surface area contributed by atoms with Gasteiger partial charge in [0.05, 0.1) is 5.54 Å². The molecule has 4 aliphatic carbocycles. The minimum absolute atomic E-state index is 0.220. The van der Waals surface area contributed by atoms with Crippen molar-refractivity contribution in [3.05, 3.63) is 5.82 Å². The van der Waals surface area contributed by atoms with Crippen LogP contribution < -0.4 is 5.73 Å². The molecule has 1 heterocycles. The molecule has 4 saturated carbocycles. The van der Waals surface area contributed by atoms with Crippen LogP contribution in [0.3, 0.4) is 0 Å². The van der Waals surface area contributed by atoms with E-state index in [9.17, 15) is 0 Å². The number of hydrogen-bond donors (Lipinski definition) is 1. The van der Waals surface area contributed by atoms with Crippen LogP contribution in [0.1, 0.15) is 57.7 Å². The molecule has 4 fully saturated rings. The summed E-state index contributed by atoms with van der Waals surface area (Å²) in [6, 6.07) is 0. The molecule has 104 valence electrons. The SMILES string of the molecule is CCCc1nc(N)n(C23CC4CC(CC(C4)C2)C3)n1. The third-order valence-electron chi connectivity index (χ3n) is 5.60. The van der Waals surface area contributed by atoms with Crippen LogP contribution in [0, 0.1) is 17.8 Å². The first-order valence-electron chi connectivity index (χ1n) is 7.90. The number of rotatable bonds is 3. The highest BCUT2D eigenvalue weighted by Crippen LogP contribution is 2.58. The summed E-state index contributed by atoms with van der Waals surface area (Å²) < 4.78 is 2.13. The Balaban J connectivity index is 1.71. The van der Waals surface area contributed by atoms with E-state index in [0.29, 0.717) is 5.95 Å². The maximum absolute atomic E-state index is 6.18. The average Bonchev–Trinajstić information content (AvgIpc) is 2.70. The summed E-state index contributed by atoms with van der Waals surface area (Å²) in [5, 5.41) is 4.77. The molecule has 4 aliphatic rings. The second kappa shape index (κ2) is 3.97. The summed E-state index contributed by atoms with van der Waals surface area (Å²) in [6.07, 6.45) is 10.3. The van der Waals surface area contributed by atoms with Gasteiger partial charge in [0.15, 0.2) is 5.82 Å². The summed E-state index contributed by atoms with van der Waals surface area (Å²) in [5.74, 6) is 4.36. The van der Waals surface area contributed by atoms with Crippen LogP contribution in [0.5, 0.6) is 0 Å². The van der Waals surface area contributed by atoms with Gasteiger partial charge in [-0.3, -0.25) is 0 Å². The normalized spacial score (nSPS) is 39.9. The van der Waals surface area contributed by atoms with Crippen molar-refractivity contribution in [3.63, 3.8) is 0 Å².